The van der Waals surface area contributed by atoms with Gasteiger partial charge >= 0.3 is 0 Å². The van der Waals surface area contributed by atoms with E-state index in [0.29, 0.717) is 31.3 Å². The quantitative estimate of drug-likeness (QED) is 0.675. The summed E-state index contributed by atoms with van der Waals surface area (Å²) >= 11 is 0. The fraction of sp³-hybridized carbons (Fsp3) is 0.375. The average Bonchev–Trinajstić information content (AvgIpc) is 3.21. The Labute approximate surface area is 177 Å². The van der Waals surface area contributed by atoms with Crippen LogP contribution in [0.4, 0.5) is 0 Å². The van der Waals surface area contributed by atoms with E-state index in [-0.39, 0.29) is 11.8 Å². The molecule has 0 radical (unpaired) electrons. The molecule has 1 aliphatic heterocycles. The van der Waals surface area contributed by atoms with Gasteiger partial charge < -0.3 is 9.84 Å². The lowest BCUT2D eigenvalue weighted by molar-refractivity contribution is -0.127. The standard InChI is InChI=1S/C24H28N4O2/c1-17-8-10-20(11-9-17)23-26-22(30-27-23)16-28-12-4-7-21(15-28)24(29)25-14-19-6-3-5-18(2)13-19/h3,5-6,8-11,13,21H,4,7,12,14-16H2,1-2H3,(H,25,29). The minimum absolute atomic E-state index is 0.0111. The Morgan fingerprint density at radius 1 is 1.17 bits per heavy atom. The minimum atomic E-state index is -0.0111. The highest BCUT2D eigenvalue weighted by Gasteiger charge is 2.26. The van der Waals surface area contributed by atoms with Crippen molar-refractivity contribution in [2.45, 2.75) is 39.8 Å². The summed E-state index contributed by atoms with van der Waals surface area (Å²) < 4.78 is 5.46. The molecule has 1 atom stereocenters. The Morgan fingerprint density at radius 2 is 2.00 bits per heavy atom. The predicted octanol–water partition coefficient (Wildman–Crippen LogP) is 3.88. The van der Waals surface area contributed by atoms with E-state index in [1.165, 1.54) is 11.1 Å². The zero-order valence-electron chi connectivity index (χ0n) is 17.6. The highest BCUT2D eigenvalue weighted by atomic mass is 16.5. The molecule has 1 aliphatic rings. The number of hydrogen-bond donors (Lipinski definition) is 1. The molecule has 156 valence electrons. The smallest absolute Gasteiger partial charge is 0.241 e. The number of aryl methyl sites for hydroxylation is 2. The highest BCUT2D eigenvalue weighted by molar-refractivity contribution is 5.79. The molecule has 4 rings (SSSR count). The van der Waals surface area contributed by atoms with E-state index < -0.39 is 0 Å². The number of amides is 1. The summed E-state index contributed by atoms with van der Waals surface area (Å²) in [5.74, 6) is 1.30. The van der Waals surface area contributed by atoms with Crippen LogP contribution in [0.25, 0.3) is 11.4 Å². The average molecular weight is 405 g/mol. The summed E-state index contributed by atoms with van der Waals surface area (Å²) in [7, 11) is 0. The number of likely N-dealkylation sites (tertiary alicyclic amines) is 1. The van der Waals surface area contributed by atoms with Crippen LogP contribution in [0.15, 0.2) is 53.1 Å². The van der Waals surface area contributed by atoms with Gasteiger partial charge in [0.05, 0.1) is 12.5 Å². The molecule has 30 heavy (non-hydrogen) atoms. The second-order valence-electron chi connectivity index (χ2n) is 8.16. The van der Waals surface area contributed by atoms with Gasteiger partial charge in [0.25, 0.3) is 0 Å². The van der Waals surface area contributed by atoms with Crippen LogP contribution in [0.2, 0.25) is 0 Å². The van der Waals surface area contributed by atoms with Crippen LogP contribution in [0.5, 0.6) is 0 Å². The van der Waals surface area contributed by atoms with Crippen molar-refractivity contribution in [1.29, 1.82) is 0 Å². The maximum atomic E-state index is 12.7. The molecule has 0 bridgehead atoms. The molecule has 0 spiro atoms. The van der Waals surface area contributed by atoms with E-state index in [1.807, 2.05) is 36.4 Å². The molecule has 1 fully saturated rings. The molecule has 2 heterocycles. The molecule has 1 N–H and O–H groups in total. The summed E-state index contributed by atoms with van der Waals surface area (Å²) in [6, 6.07) is 16.3. The lowest BCUT2D eigenvalue weighted by Gasteiger charge is -2.30. The van der Waals surface area contributed by atoms with Crippen molar-refractivity contribution >= 4 is 5.91 Å². The number of rotatable bonds is 6. The van der Waals surface area contributed by atoms with Gasteiger partial charge in [-0.15, -0.1) is 0 Å². The maximum absolute atomic E-state index is 12.7. The first-order chi connectivity index (χ1) is 14.6. The van der Waals surface area contributed by atoms with Gasteiger partial charge in [0.2, 0.25) is 17.6 Å². The van der Waals surface area contributed by atoms with Gasteiger partial charge in [0.1, 0.15) is 0 Å². The second kappa shape index (κ2) is 9.22. The lowest BCUT2D eigenvalue weighted by atomic mass is 9.97. The van der Waals surface area contributed by atoms with E-state index in [4.69, 9.17) is 4.52 Å². The van der Waals surface area contributed by atoms with Crippen LogP contribution in [-0.2, 0) is 17.9 Å². The summed E-state index contributed by atoms with van der Waals surface area (Å²) in [5, 5.41) is 7.21. The van der Waals surface area contributed by atoms with Gasteiger partial charge in [-0.2, -0.15) is 4.98 Å². The van der Waals surface area contributed by atoms with Crippen LogP contribution in [0, 0.1) is 19.8 Å². The molecular weight excluding hydrogens is 376 g/mol. The van der Waals surface area contributed by atoms with Crippen molar-refractivity contribution in [2.75, 3.05) is 13.1 Å². The first-order valence-corrected chi connectivity index (χ1v) is 10.5. The highest BCUT2D eigenvalue weighted by Crippen LogP contribution is 2.21. The van der Waals surface area contributed by atoms with Gasteiger partial charge in [-0.25, -0.2) is 0 Å². The van der Waals surface area contributed by atoms with Crippen molar-refractivity contribution in [3.8, 4) is 11.4 Å². The Bertz CT molecular complexity index is 996. The fourth-order valence-electron chi connectivity index (χ4n) is 3.90. The zero-order valence-corrected chi connectivity index (χ0v) is 17.6. The lowest BCUT2D eigenvalue weighted by Crippen LogP contribution is -2.42. The van der Waals surface area contributed by atoms with E-state index in [0.717, 1.165) is 30.5 Å². The van der Waals surface area contributed by atoms with Crippen LogP contribution in [0.3, 0.4) is 0 Å². The second-order valence-corrected chi connectivity index (χ2v) is 8.16. The number of piperidine rings is 1. The maximum Gasteiger partial charge on any atom is 0.241 e. The van der Waals surface area contributed by atoms with Crippen molar-refractivity contribution in [3.05, 3.63) is 71.1 Å². The fourth-order valence-corrected chi connectivity index (χ4v) is 3.90. The monoisotopic (exact) mass is 404 g/mol. The van der Waals surface area contributed by atoms with E-state index in [2.05, 4.69) is 46.3 Å². The van der Waals surface area contributed by atoms with Crippen LogP contribution < -0.4 is 5.32 Å². The van der Waals surface area contributed by atoms with Crippen LogP contribution in [-0.4, -0.2) is 34.0 Å². The van der Waals surface area contributed by atoms with Crippen molar-refractivity contribution in [1.82, 2.24) is 20.4 Å². The van der Waals surface area contributed by atoms with Crippen molar-refractivity contribution in [2.24, 2.45) is 5.92 Å². The van der Waals surface area contributed by atoms with Gasteiger partial charge in [-0.3, -0.25) is 9.69 Å². The third-order valence-corrected chi connectivity index (χ3v) is 5.56. The molecule has 1 aromatic heterocycles. The number of aromatic nitrogens is 2. The molecule has 3 aromatic rings. The molecular formula is C24H28N4O2. The minimum Gasteiger partial charge on any atom is -0.352 e. The number of hydrogen-bond acceptors (Lipinski definition) is 5. The number of carbonyl (C=O) groups excluding carboxylic acids is 1. The molecule has 0 aliphatic carbocycles. The van der Waals surface area contributed by atoms with Gasteiger partial charge in [-0.05, 0) is 38.8 Å². The zero-order chi connectivity index (χ0) is 20.9. The van der Waals surface area contributed by atoms with E-state index in [1.54, 1.807) is 0 Å². The summed E-state index contributed by atoms with van der Waals surface area (Å²) in [6.07, 6.45) is 1.90. The van der Waals surface area contributed by atoms with E-state index >= 15 is 0 Å². The largest absolute Gasteiger partial charge is 0.352 e. The van der Waals surface area contributed by atoms with Crippen molar-refractivity contribution in [3.63, 3.8) is 0 Å². The SMILES string of the molecule is Cc1ccc(-c2noc(CN3CCCC(C(=O)NCc4cccc(C)c4)C3)n2)cc1. The Kier molecular flexibility index (Phi) is 6.23. The molecule has 1 amide bonds. The molecule has 6 heteroatoms. The number of benzene rings is 2. The molecule has 1 unspecified atom stereocenters. The third-order valence-electron chi connectivity index (χ3n) is 5.56. The normalized spacial score (nSPS) is 17.1. The summed E-state index contributed by atoms with van der Waals surface area (Å²) in [4.78, 5) is 19.4. The molecule has 1 saturated heterocycles. The first-order valence-electron chi connectivity index (χ1n) is 10.5. The Balaban J connectivity index is 1.31. The predicted molar refractivity (Wildman–Crippen MR) is 115 cm³/mol. The number of nitrogens with one attached hydrogen (secondary N) is 1. The third kappa shape index (κ3) is 5.13. The number of nitrogens with zero attached hydrogens (tertiary/aromatic N) is 3. The van der Waals surface area contributed by atoms with Gasteiger partial charge in [0, 0.05) is 18.7 Å². The molecule has 2 aromatic carbocycles. The van der Waals surface area contributed by atoms with Crippen LogP contribution in [0.1, 0.15) is 35.4 Å². The molecule has 0 saturated carbocycles. The first kappa shape index (κ1) is 20.3. The summed E-state index contributed by atoms with van der Waals surface area (Å²) in [6.45, 7) is 6.90. The van der Waals surface area contributed by atoms with Gasteiger partial charge in [0.15, 0.2) is 0 Å². The molecule has 6 nitrogen and oxygen atoms in total. The van der Waals surface area contributed by atoms with E-state index in [9.17, 15) is 4.79 Å². The van der Waals surface area contributed by atoms with Gasteiger partial charge in [-0.1, -0.05) is 64.8 Å². The summed E-state index contributed by atoms with van der Waals surface area (Å²) in [5.41, 5.74) is 4.48. The Hall–Kier alpha value is -2.99. The topological polar surface area (TPSA) is 71.3 Å². The van der Waals surface area contributed by atoms with Crippen LogP contribution >= 0.6 is 0 Å². The van der Waals surface area contributed by atoms with Crippen molar-refractivity contribution < 1.29 is 9.32 Å². The Morgan fingerprint density at radius 3 is 2.80 bits per heavy atom. The number of carbonyl (C=O) groups is 1.